The lowest BCUT2D eigenvalue weighted by molar-refractivity contribution is 0.167. The molecular formula is C20H27NO3. The third-order valence-corrected chi connectivity index (χ3v) is 5.79. The summed E-state index contributed by atoms with van der Waals surface area (Å²) in [5.41, 5.74) is 3.17. The quantitative estimate of drug-likeness (QED) is 0.921. The van der Waals surface area contributed by atoms with Crippen LogP contribution in [0.3, 0.4) is 0 Å². The molecule has 0 bridgehead atoms. The predicted molar refractivity (Wildman–Crippen MR) is 95.6 cm³/mol. The lowest BCUT2D eigenvalue weighted by Crippen LogP contribution is -2.49. The SMILES string of the molecule is COC1=CC=C2C(C)N(C)CCC2(c2c(C)ccc(OC)c2O)C1. The Kier molecular flexibility index (Phi) is 4.35. The maximum atomic E-state index is 10.9. The lowest BCUT2D eigenvalue weighted by Gasteiger charge is -2.49. The molecule has 130 valence electrons. The fraction of sp³-hybridized carbons (Fsp3) is 0.500. The number of fused-ring (bicyclic) bond motifs is 1. The molecule has 2 atom stereocenters. The molecule has 4 heteroatoms. The van der Waals surface area contributed by atoms with E-state index in [0.717, 1.165) is 36.3 Å². The van der Waals surface area contributed by atoms with Gasteiger partial charge in [0.15, 0.2) is 11.5 Å². The van der Waals surface area contributed by atoms with Crippen LogP contribution in [-0.2, 0) is 10.2 Å². The Hall–Kier alpha value is -1.94. The van der Waals surface area contributed by atoms with Gasteiger partial charge in [0, 0.05) is 23.4 Å². The molecule has 1 aliphatic heterocycles. The van der Waals surface area contributed by atoms with Crippen molar-refractivity contribution in [1.29, 1.82) is 0 Å². The molecule has 0 spiro atoms. The molecule has 1 aromatic carbocycles. The van der Waals surface area contributed by atoms with Gasteiger partial charge < -0.3 is 14.6 Å². The number of likely N-dealkylation sites (N-methyl/N-ethyl adjacent to an activating group) is 1. The number of likely N-dealkylation sites (tertiary alicyclic amines) is 1. The molecule has 0 aromatic heterocycles. The number of rotatable bonds is 3. The van der Waals surface area contributed by atoms with E-state index in [2.05, 4.69) is 37.9 Å². The third-order valence-electron chi connectivity index (χ3n) is 5.79. The summed E-state index contributed by atoms with van der Waals surface area (Å²) >= 11 is 0. The summed E-state index contributed by atoms with van der Waals surface area (Å²) < 4.78 is 11.0. The van der Waals surface area contributed by atoms with Crippen molar-refractivity contribution in [3.8, 4) is 11.5 Å². The molecule has 4 nitrogen and oxygen atoms in total. The normalized spacial score (nSPS) is 27.1. The van der Waals surface area contributed by atoms with E-state index in [1.54, 1.807) is 14.2 Å². The summed E-state index contributed by atoms with van der Waals surface area (Å²) in [5.74, 6) is 1.75. The highest BCUT2D eigenvalue weighted by atomic mass is 16.5. The van der Waals surface area contributed by atoms with Crippen LogP contribution in [-0.4, -0.2) is 43.9 Å². The number of phenols is 1. The molecule has 2 unspecified atom stereocenters. The van der Waals surface area contributed by atoms with Gasteiger partial charge in [0.1, 0.15) is 0 Å². The van der Waals surface area contributed by atoms with Gasteiger partial charge in [-0.15, -0.1) is 0 Å². The van der Waals surface area contributed by atoms with Crippen LogP contribution in [0.1, 0.15) is 30.9 Å². The fourth-order valence-corrected chi connectivity index (χ4v) is 4.31. The largest absolute Gasteiger partial charge is 0.504 e. The Morgan fingerprint density at radius 1 is 1.21 bits per heavy atom. The minimum absolute atomic E-state index is 0.241. The van der Waals surface area contributed by atoms with Gasteiger partial charge >= 0.3 is 0 Å². The average molecular weight is 329 g/mol. The van der Waals surface area contributed by atoms with Gasteiger partial charge in [0.2, 0.25) is 0 Å². The van der Waals surface area contributed by atoms with Crippen molar-refractivity contribution < 1.29 is 14.6 Å². The van der Waals surface area contributed by atoms with E-state index in [-0.39, 0.29) is 11.2 Å². The van der Waals surface area contributed by atoms with Crippen LogP contribution in [0.5, 0.6) is 11.5 Å². The number of piperidine rings is 1. The Bertz CT molecular complexity index is 707. The molecule has 0 saturated carbocycles. The van der Waals surface area contributed by atoms with Crippen LogP contribution in [0.2, 0.25) is 0 Å². The first kappa shape index (κ1) is 16.9. The number of aromatic hydroxyl groups is 1. The van der Waals surface area contributed by atoms with Crippen molar-refractivity contribution in [3.05, 3.63) is 46.7 Å². The molecule has 24 heavy (non-hydrogen) atoms. The molecule has 2 aliphatic rings. The molecule has 1 aliphatic carbocycles. The molecule has 1 heterocycles. The Labute approximate surface area is 144 Å². The third kappa shape index (κ3) is 2.40. The van der Waals surface area contributed by atoms with Crippen molar-refractivity contribution in [1.82, 2.24) is 4.90 Å². The fourth-order valence-electron chi connectivity index (χ4n) is 4.31. The molecule has 1 aromatic rings. The van der Waals surface area contributed by atoms with Crippen molar-refractivity contribution in [2.45, 2.75) is 38.1 Å². The second-order valence-corrected chi connectivity index (χ2v) is 6.93. The van der Waals surface area contributed by atoms with E-state index in [9.17, 15) is 5.11 Å². The predicted octanol–water partition coefficient (Wildman–Crippen LogP) is 3.53. The first-order chi connectivity index (χ1) is 11.4. The summed E-state index contributed by atoms with van der Waals surface area (Å²) in [5, 5.41) is 10.9. The number of nitrogens with zero attached hydrogens (tertiary/aromatic N) is 1. The summed E-state index contributed by atoms with van der Waals surface area (Å²) in [7, 11) is 5.47. The van der Waals surface area contributed by atoms with Crippen molar-refractivity contribution in [2.75, 3.05) is 27.8 Å². The van der Waals surface area contributed by atoms with Crippen LogP contribution < -0.4 is 4.74 Å². The first-order valence-electron chi connectivity index (χ1n) is 8.47. The van der Waals surface area contributed by atoms with Gasteiger partial charge in [-0.05, 0) is 57.1 Å². The summed E-state index contributed by atoms with van der Waals surface area (Å²) in [4.78, 5) is 2.36. The molecule has 1 saturated heterocycles. The van der Waals surface area contributed by atoms with E-state index in [0.29, 0.717) is 11.8 Å². The van der Waals surface area contributed by atoms with Crippen LogP contribution in [0.15, 0.2) is 35.6 Å². The zero-order valence-corrected chi connectivity index (χ0v) is 15.2. The second kappa shape index (κ2) is 6.17. The smallest absolute Gasteiger partial charge is 0.162 e. The van der Waals surface area contributed by atoms with Crippen LogP contribution in [0.4, 0.5) is 0 Å². The van der Waals surface area contributed by atoms with Gasteiger partial charge in [-0.2, -0.15) is 0 Å². The first-order valence-corrected chi connectivity index (χ1v) is 8.47. The Morgan fingerprint density at radius 3 is 2.62 bits per heavy atom. The van der Waals surface area contributed by atoms with E-state index in [1.165, 1.54) is 5.57 Å². The number of aryl methyl sites for hydroxylation is 1. The van der Waals surface area contributed by atoms with Crippen LogP contribution in [0, 0.1) is 6.92 Å². The summed E-state index contributed by atoms with van der Waals surface area (Å²) in [6.45, 7) is 5.28. The standard InChI is InChI=1S/C20H27NO3/c1-13-6-9-17(24-5)19(22)18(13)20-10-11-21(3)14(2)16(20)8-7-15(12-20)23-4/h6-9,14,22H,10-12H2,1-5H3. The number of ether oxygens (including phenoxy) is 2. The average Bonchev–Trinajstić information content (AvgIpc) is 2.58. The minimum atomic E-state index is -0.241. The molecule has 1 fully saturated rings. The monoisotopic (exact) mass is 329 g/mol. The van der Waals surface area contributed by atoms with E-state index in [4.69, 9.17) is 9.47 Å². The van der Waals surface area contributed by atoms with Crippen molar-refractivity contribution in [3.63, 3.8) is 0 Å². The maximum Gasteiger partial charge on any atom is 0.162 e. The van der Waals surface area contributed by atoms with Gasteiger partial charge in [-0.25, -0.2) is 0 Å². The van der Waals surface area contributed by atoms with Gasteiger partial charge in [-0.1, -0.05) is 12.1 Å². The maximum absolute atomic E-state index is 10.9. The van der Waals surface area contributed by atoms with Gasteiger partial charge in [0.25, 0.3) is 0 Å². The number of hydrogen-bond donors (Lipinski definition) is 1. The number of phenolic OH excluding ortho intramolecular Hbond substituents is 1. The Morgan fingerprint density at radius 2 is 1.96 bits per heavy atom. The molecule has 0 radical (unpaired) electrons. The van der Waals surface area contributed by atoms with Crippen LogP contribution >= 0.6 is 0 Å². The lowest BCUT2D eigenvalue weighted by atomic mass is 9.62. The van der Waals surface area contributed by atoms with Crippen molar-refractivity contribution >= 4 is 0 Å². The van der Waals surface area contributed by atoms with E-state index >= 15 is 0 Å². The highest BCUT2D eigenvalue weighted by Crippen LogP contribution is 2.53. The molecular weight excluding hydrogens is 302 g/mol. The highest BCUT2D eigenvalue weighted by Gasteiger charge is 2.47. The molecule has 0 amide bonds. The second-order valence-electron chi connectivity index (χ2n) is 6.93. The zero-order chi connectivity index (χ0) is 17.5. The van der Waals surface area contributed by atoms with E-state index < -0.39 is 0 Å². The zero-order valence-electron chi connectivity index (χ0n) is 15.2. The van der Waals surface area contributed by atoms with Crippen LogP contribution in [0.25, 0.3) is 0 Å². The highest BCUT2D eigenvalue weighted by molar-refractivity contribution is 5.59. The summed E-state index contributed by atoms with van der Waals surface area (Å²) in [6, 6.07) is 4.19. The molecule has 3 rings (SSSR count). The summed E-state index contributed by atoms with van der Waals surface area (Å²) in [6.07, 6.45) is 5.97. The van der Waals surface area contributed by atoms with Gasteiger partial charge in [-0.3, -0.25) is 4.90 Å². The number of methoxy groups -OCH3 is 2. The number of benzene rings is 1. The number of hydrogen-bond acceptors (Lipinski definition) is 4. The minimum Gasteiger partial charge on any atom is -0.504 e. The number of allylic oxidation sites excluding steroid dienone is 3. The Balaban J connectivity index is 2.24. The molecule has 1 N–H and O–H groups in total. The van der Waals surface area contributed by atoms with E-state index in [1.807, 2.05) is 12.1 Å². The topological polar surface area (TPSA) is 41.9 Å². The van der Waals surface area contributed by atoms with Crippen molar-refractivity contribution in [2.24, 2.45) is 0 Å². The van der Waals surface area contributed by atoms with Gasteiger partial charge in [0.05, 0.1) is 20.0 Å².